The number of hydrogen-bond donors (Lipinski definition) is 1. The van der Waals surface area contributed by atoms with Crippen LogP contribution >= 0.6 is 22.6 Å². The molecule has 1 N–H and O–H groups in total. The first-order chi connectivity index (χ1) is 9.84. The van der Waals surface area contributed by atoms with Crippen LogP contribution < -0.4 is 10.1 Å². The molecule has 2 aromatic carbocycles. The van der Waals surface area contributed by atoms with Gasteiger partial charge in [-0.3, -0.25) is 4.99 Å². The van der Waals surface area contributed by atoms with Crippen LogP contribution in [0.25, 0.3) is 0 Å². The first-order valence-electron chi connectivity index (χ1n) is 6.58. The minimum absolute atomic E-state index is 0.573. The molecule has 0 radical (unpaired) electrons. The average molecular weight is 378 g/mol. The van der Waals surface area contributed by atoms with E-state index < -0.39 is 0 Å². The van der Waals surface area contributed by atoms with E-state index in [2.05, 4.69) is 45.0 Å². The Balaban J connectivity index is 1.79. The summed E-state index contributed by atoms with van der Waals surface area (Å²) in [6, 6.07) is 16.3. The predicted molar refractivity (Wildman–Crippen MR) is 89.3 cm³/mol. The Hall–Kier alpha value is -1.56. The molecule has 0 saturated heterocycles. The van der Waals surface area contributed by atoms with E-state index in [-0.39, 0.29) is 0 Å². The molecule has 102 valence electrons. The van der Waals surface area contributed by atoms with Crippen molar-refractivity contribution >= 4 is 28.4 Å². The Morgan fingerprint density at radius 2 is 1.90 bits per heavy atom. The van der Waals surface area contributed by atoms with Gasteiger partial charge in [-0.25, -0.2) is 0 Å². The van der Waals surface area contributed by atoms with Crippen LogP contribution in [0.15, 0.2) is 53.5 Å². The van der Waals surface area contributed by atoms with Crippen molar-refractivity contribution in [3.8, 4) is 5.75 Å². The highest BCUT2D eigenvalue weighted by Crippen LogP contribution is 2.21. The fourth-order valence-electron chi connectivity index (χ4n) is 2.14. The average Bonchev–Trinajstić information content (AvgIpc) is 3.01. The standard InChI is InChI=1S/C16H15IN2O/c17-14-7-3-1-5-12(14)11-20-15-8-4-2-6-13(15)16-18-9-10-19-16/h1-8H,9-11H2,(H,18,19). The number of benzene rings is 2. The molecule has 1 heterocycles. The lowest BCUT2D eigenvalue weighted by Crippen LogP contribution is -2.20. The quantitative estimate of drug-likeness (QED) is 0.829. The maximum atomic E-state index is 5.99. The number of nitrogens with zero attached hydrogens (tertiary/aromatic N) is 1. The van der Waals surface area contributed by atoms with Gasteiger partial charge in [-0.05, 0) is 40.8 Å². The van der Waals surface area contributed by atoms with E-state index in [9.17, 15) is 0 Å². The Labute approximate surface area is 132 Å². The number of hydrogen-bond acceptors (Lipinski definition) is 3. The van der Waals surface area contributed by atoms with Crippen LogP contribution in [0.5, 0.6) is 5.75 Å². The maximum absolute atomic E-state index is 5.99. The van der Waals surface area contributed by atoms with Crippen molar-refractivity contribution in [3.63, 3.8) is 0 Å². The van der Waals surface area contributed by atoms with Gasteiger partial charge < -0.3 is 10.1 Å². The van der Waals surface area contributed by atoms with E-state index in [0.29, 0.717) is 6.61 Å². The summed E-state index contributed by atoms with van der Waals surface area (Å²) in [7, 11) is 0. The smallest absolute Gasteiger partial charge is 0.132 e. The fourth-order valence-corrected chi connectivity index (χ4v) is 2.68. The van der Waals surface area contributed by atoms with E-state index in [1.807, 2.05) is 36.4 Å². The molecule has 1 aliphatic heterocycles. The van der Waals surface area contributed by atoms with Crippen LogP contribution in [0.2, 0.25) is 0 Å². The molecule has 1 aliphatic rings. The van der Waals surface area contributed by atoms with Crippen molar-refractivity contribution in [1.29, 1.82) is 0 Å². The second-order valence-electron chi connectivity index (χ2n) is 4.53. The Bertz CT molecular complexity index is 640. The van der Waals surface area contributed by atoms with Gasteiger partial charge >= 0.3 is 0 Å². The lowest BCUT2D eigenvalue weighted by atomic mass is 10.2. The van der Waals surface area contributed by atoms with Crippen molar-refractivity contribution in [2.24, 2.45) is 4.99 Å². The molecule has 0 saturated carbocycles. The van der Waals surface area contributed by atoms with Gasteiger partial charge in [-0.1, -0.05) is 30.3 Å². The molecular weight excluding hydrogens is 363 g/mol. The van der Waals surface area contributed by atoms with Gasteiger partial charge in [-0.2, -0.15) is 0 Å². The van der Waals surface area contributed by atoms with Crippen molar-refractivity contribution in [3.05, 3.63) is 63.2 Å². The van der Waals surface area contributed by atoms with Crippen LogP contribution in [0.3, 0.4) is 0 Å². The molecule has 0 spiro atoms. The fraction of sp³-hybridized carbons (Fsp3) is 0.188. The molecule has 0 aliphatic carbocycles. The van der Waals surface area contributed by atoms with Gasteiger partial charge in [0, 0.05) is 15.7 Å². The number of rotatable bonds is 4. The Morgan fingerprint density at radius 1 is 1.10 bits per heavy atom. The van der Waals surface area contributed by atoms with Crippen molar-refractivity contribution < 1.29 is 4.74 Å². The Morgan fingerprint density at radius 3 is 2.70 bits per heavy atom. The zero-order valence-corrected chi connectivity index (χ0v) is 13.1. The molecule has 0 aromatic heterocycles. The largest absolute Gasteiger partial charge is 0.488 e. The van der Waals surface area contributed by atoms with Crippen LogP contribution in [-0.2, 0) is 6.61 Å². The topological polar surface area (TPSA) is 33.6 Å². The summed E-state index contributed by atoms with van der Waals surface area (Å²) in [5.74, 6) is 1.81. The lowest BCUT2D eigenvalue weighted by Gasteiger charge is -2.12. The highest BCUT2D eigenvalue weighted by molar-refractivity contribution is 14.1. The van der Waals surface area contributed by atoms with Crippen molar-refractivity contribution in [2.45, 2.75) is 6.61 Å². The number of aliphatic imine (C=N–C) groups is 1. The number of nitrogens with one attached hydrogen (secondary N) is 1. The summed E-state index contributed by atoms with van der Waals surface area (Å²) in [4.78, 5) is 4.46. The van der Waals surface area contributed by atoms with E-state index in [1.165, 1.54) is 9.13 Å². The number of para-hydroxylation sites is 1. The second-order valence-corrected chi connectivity index (χ2v) is 5.70. The van der Waals surface area contributed by atoms with E-state index in [4.69, 9.17) is 4.74 Å². The molecule has 2 aromatic rings. The van der Waals surface area contributed by atoms with Gasteiger partial charge in [0.1, 0.15) is 18.2 Å². The number of ether oxygens (including phenoxy) is 1. The zero-order chi connectivity index (χ0) is 13.8. The summed E-state index contributed by atoms with van der Waals surface area (Å²) >= 11 is 2.33. The monoisotopic (exact) mass is 378 g/mol. The van der Waals surface area contributed by atoms with Crippen LogP contribution in [0, 0.1) is 3.57 Å². The summed E-state index contributed by atoms with van der Waals surface area (Å²) in [5, 5.41) is 3.29. The normalized spacial score (nSPS) is 13.8. The van der Waals surface area contributed by atoms with Gasteiger partial charge in [-0.15, -0.1) is 0 Å². The van der Waals surface area contributed by atoms with E-state index in [0.717, 1.165) is 30.2 Å². The molecule has 3 rings (SSSR count). The van der Waals surface area contributed by atoms with Gasteiger partial charge in [0.15, 0.2) is 0 Å². The zero-order valence-electron chi connectivity index (χ0n) is 11.0. The molecule has 0 unspecified atom stereocenters. The van der Waals surface area contributed by atoms with Gasteiger partial charge in [0.2, 0.25) is 0 Å². The third kappa shape index (κ3) is 2.95. The van der Waals surface area contributed by atoms with E-state index >= 15 is 0 Å². The van der Waals surface area contributed by atoms with Crippen LogP contribution in [-0.4, -0.2) is 18.9 Å². The minimum Gasteiger partial charge on any atom is -0.488 e. The maximum Gasteiger partial charge on any atom is 0.132 e. The molecule has 4 heteroatoms. The third-order valence-corrected chi connectivity index (χ3v) is 4.21. The highest BCUT2D eigenvalue weighted by Gasteiger charge is 2.13. The summed E-state index contributed by atoms with van der Waals surface area (Å²) in [5.41, 5.74) is 2.24. The first-order valence-corrected chi connectivity index (χ1v) is 7.66. The second kappa shape index (κ2) is 6.26. The third-order valence-electron chi connectivity index (χ3n) is 3.16. The number of halogens is 1. The molecule has 20 heavy (non-hydrogen) atoms. The number of amidine groups is 1. The van der Waals surface area contributed by atoms with Crippen molar-refractivity contribution in [2.75, 3.05) is 13.1 Å². The predicted octanol–water partition coefficient (Wildman–Crippen LogP) is 3.22. The van der Waals surface area contributed by atoms with E-state index in [1.54, 1.807) is 0 Å². The molecular formula is C16H15IN2O. The van der Waals surface area contributed by atoms with Crippen molar-refractivity contribution in [1.82, 2.24) is 5.32 Å². The van der Waals surface area contributed by atoms with Gasteiger partial charge in [0.05, 0.1) is 12.1 Å². The van der Waals surface area contributed by atoms with Gasteiger partial charge in [0.25, 0.3) is 0 Å². The molecule has 0 amide bonds. The Kier molecular flexibility index (Phi) is 4.20. The molecule has 3 nitrogen and oxygen atoms in total. The molecule has 0 bridgehead atoms. The summed E-state index contributed by atoms with van der Waals surface area (Å²) in [6.45, 7) is 2.31. The van der Waals surface area contributed by atoms with Crippen LogP contribution in [0.1, 0.15) is 11.1 Å². The molecule has 0 fully saturated rings. The highest BCUT2D eigenvalue weighted by atomic mass is 127. The summed E-state index contributed by atoms with van der Waals surface area (Å²) in [6.07, 6.45) is 0. The first kappa shape index (κ1) is 13.4. The lowest BCUT2D eigenvalue weighted by molar-refractivity contribution is 0.304. The SMILES string of the molecule is Ic1ccccc1COc1ccccc1C1=NCCN1. The summed E-state index contributed by atoms with van der Waals surface area (Å²) < 4.78 is 7.21. The minimum atomic E-state index is 0.573. The molecule has 0 atom stereocenters. The van der Waals surface area contributed by atoms with Crippen LogP contribution in [0.4, 0.5) is 0 Å².